The van der Waals surface area contributed by atoms with Gasteiger partial charge in [-0.05, 0) is 36.8 Å². The third kappa shape index (κ3) is 3.67. The zero-order valence-corrected chi connectivity index (χ0v) is 12.8. The van der Waals surface area contributed by atoms with Crippen molar-refractivity contribution in [3.63, 3.8) is 0 Å². The number of nitrogens with one attached hydrogen (secondary N) is 1. The molecule has 8 heteroatoms. The van der Waals surface area contributed by atoms with Crippen molar-refractivity contribution < 1.29 is 13.2 Å². The molecule has 1 aromatic heterocycles. The van der Waals surface area contributed by atoms with Gasteiger partial charge in [0, 0.05) is 0 Å². The molecule has 0 aliphatic heterocycles. The number of anilines is 1. The number of nitrogens with zero attached hydrogens (tertiary/aromatic N) is 2. The van der Waals surface area contributed by atoms with Crippen molar-refractivity contribution in [2.24, 2.45) is 0 Å². The van der Waals surface area contributed by atoms with Gasteiger partial charge in [0.25, 0.3) is 15.2 Å². The average molecular weight is 313 g/mol. The van der Waals surface area contributed by atoms with Crippen molar-refractivity contribution in [1.29, 1.82) is 0 Å². The molecule has 0 fully saturated rings. The zero-order valence-electron chi connectivity index (χ0n) is 11.2. The van der Waals surface area contributed by atoms with E-state index in [-0.39, 0.29) is 10.0 Å². The summed E-state index contributed by atoms with van der Waals surface area (Å²) in [7, 11) is -3.63. The second-order valence-electron chi connectivity index (χ2n) is 4.14. The second kappa shape index (κ2) is 6.19. The molecule has 6 nitrogen and oxygen atoms in total. The Morgan fingerprint density at radius 1 is 1.25 bits per heavy atom. The molecule has 0 unspecified atom stereocenters. The van der Waals surface area contributed by atoms with Crippen LogP contribution >= 0.6 is 11.3 Å². The summed E-state index contributed by atoms with van der Waals surface area (Å²) in [5.41, 5.74) is 0.995. The Morgan fingerprint density at radius 3 is 2.60 bits per heavy atom. The van der Waals surface area contributed by atoms with Gasteiger partial charge in [0.1, 0.15) is 0 Å². The Kier molecular flexibility index (Phi) is 4.56. The van der Waals surface area contributed by atoms with Crippen LogP contribution in [0.25, 0.3) is 0 Å². The first kappa shape index (κ1) is 14.7. The van der Waals surface area contributed by atoms with Crippen LogP contribution in [0, 0.1) is 6.92 Å². The van der Waals surface area contributed by atoms with Gasteiger partial charge < -0.3 is 4.74 Å². The largest absolute Gasteiger partial charge is 0.469 e. The van der Waals surface area contributed by atoms with Crippen LogP contribution in [0.5, 0.6) is 5.19 Å². The summed E-state index contributed by atoms with van der Waals surface area (Å²) in [6.45, 7) is 4.40. The smallest absolute Gasteiger partial charge is 0.295 e. The Hall–Kier alpha value is -1.67. The van der Waals surface area contributed by atoms with Gasteiger partial charge in [-0.15, -0.1) is 5.10 Å². The molecule has 0 saturated carbocycles. The summed E-state index contributed by atoms with van der Waals surface area (Å²) in [6.07, 6.45) is 0.851. The van der Waals surface area contributed by atoms with Crippen molar-refractivity contribution in [1.82, 2.24) is 10.2 Å². The van der Waals surface area contributed by atoms with E-state index >= 15 is 0 Å². The number of benzene rings is 1. The molecule has 108 valence electrons. The minimum atomic E-state index is -3.63. The maximum atomic E-state index is 12.1. The normalized spacial score (nSPS) is 11.3. The molecule has 2 aromatic rings. The van der Waals surface area contributed by atoms with Crippen molar-refractivity contribution in [3.05, 3.63) is 29.8 Å². The molecule has 0 atom stereocenters. The topological polar surface area (TPSA) is 81.2 Å². The maximum Gasteiger partial charge on any atom is 0.295 e. The van der Waals surface area contributed by atoms with Crippen LogP contribution < -0.4 is 9.46 Å². The molecule has 20 heavy (non-hydrogen) atoms. The first-order chi connectivity index (χ1) is 9.51. The van der Waals surface area contributed by atoms with E-state index in [0.717, 1.165) is 23.3 Å². The van der Waals surface area contributed by atoms with Crippen LogP contribution in [0.1, 0.15) is 18.9 Å². The Morgan fingerprint density at radius 2 is 1.95 bits per heavy atom. The third-order valence-electron chi connectivity index (χ3n) is 2.39. The van der Waals surface area contributed by atoms with Gasteiger partial charge in [0.2, 0.25) is 5.13 Å². The molecule has 1 aromatic carbocycles. The SMILES string of the molecule is CCCOc1nnc(NS(=O)(=O)c2ccc(C)cc2)s1. The van der Waals surface area contributed by atoms with E-state index in [1.165, 1.54) is 0 Å². The van der Waals surface area contributed by atoms with Crippen molar-refractivity contribution in [2.45, 2.75) is 25.2 Å². The van der Waals surface area contributed by atoms with E-state index < -0.39 is 10.0 Å². The van der Waals surface area contributed by atoms with Crippen LogP contribution in [-0.2, 0) is 10.0 Å². The predicted molar refractivity (Wildman–Crippen MR) is 77.7 cm³/mol. The van der Waals surface area contributed by atoms with E-state index in [4.69, 9.17) is 4.74 Å². The summed E-state index contributed by atoms with van der Waals surface area (Å²) in [6, 6.07) is 6.58. The van der Waals surface area contributed by atoms with E-state index in [2.05, 4.69) is 14.9 Å². The predicted octanol–water partition coefficient (Wildman–Crippen LogP) is 2.44. The van der Waals surface area contributed by atoms with Gasteiger partial charge in [-0.2, -0.15) is 0 Å². The molecule has 0 radical (unpaired) electrons. The summed E-state index contributed by atoms with van der Waals surface area (Å²) in [5.74, 6) is 0. The lowest BCUT2D eigenvalue weighted by molar-refractivity contribution is 0.313. The van der Waals surface area contributed by atoms with Gasteiger partial charge in [-0.25, -0.2) is 8.42 Å². The number of rotatable bonds is 6. The van der Waals surface area contributed by atoms with Gasteiger partial charge >= 0.3 is 0 Å². The molecular weight excluding hydrogens is 298 g/mol. The average Bonchev–Trinajstić information content (AvgIpc) is 2.83. The molecule has 1 N–H and O–H groups in total. The highest BCUT2D eigenvalue weighted by molar-refractivity contribution is 7.93. The van der Waals surface area contributed by atoms with Crippen molar-refractivity contribution in [3.8, 4) is 5.19 Å². The first-order valence-electron chi connectivity index (χ1n) is 6.07. The lowest BCUT2D eigenvalue weighted by Crippen LogP contribution is -2.12. The number of aromatic nitrogens is 2. The lowest BCUT2D eigenvalue weighted by Gasteiger charge is -2.04. The van der Waals surface area contributed by atoms with Crippen LogP contribution in [-0.4, -0.2) is 25.2 Å². The van der Waals surface area contributed by atoms with Crippen LogP contribution in [0.15, 0.2) is 29.2 Å². The van der Waals surface area contributed by atoms with E-state index in [1.807, 2.05) is 13.8 Å². The van der Waals surface area contributed by atoms with E-state index in [0.29, 0.717) is 11.8 Å². The number of hydrogen-bond donors (Lipinski definition) is 1. The Labute approximate surface area is 121 Å². The summed E-state index contributed by atoms with van der Waals surface area (Å²) in [5, 5.41) is 8.06. The molecule has 0 amide bonds. The van der Waals surface area contributed by atoms with Crippen LogP contribution in [0.3, 0.4) is 0 Å². The zero-order chi connectivity index (χ0) is 14.6. The van der Waals surface area contributed by atoms with Crippen molar-refractivity contribution >= 4 is 26.5 Å². The quantitative estimate of drug-likeness (QED) is 0.886. The highest BCUT2D eigenvalue weighted by atomic mass is 32.2. The lowest BCUT2D eigenvalue weighted by atomic mass is 10.2. The van der Waals surface area contributed by atoms with Gasteiger partial charge in [-0.3, -0.25) is 4.72 Å². The van der Waals surface area contributed by atoms with E-state index in [9.17, 15) is 8.42 Å². The number of aryl methyl sites for hydroxylation is 1. The summed E-state index contributed by atoms with van der Waals surface area (Å²) < 4.78 is 31.9. The minimum Gasteiger partial charge on any atom is -0.469 e. The monoisotopic (exact) mass is 313 g/mol. The molecule has 0 saturated heterocycles. The molecule has 0 aliphatic carbocycles. The van der Waals surface area contributed by atoms with Crippen LogP contribution in [0.4, 0.5) is 5.13 Å². The first-order valence-corrected chi connectivity index (χ1v) is 8.37. The highest BCUT2D eigenvalue weighted by Gasteiger charge is 2.16. The fourth-order valence-corrected chi connectivity index (χ4v) is 3.24. The number of hydrogen-bond acceptors (Lipinski definition) is 6. The molecular formula is C12H15N3O3S2. The third-order valence-corrected chi connectivity index (χ3v) is 4.62. The molecule has 0 aliphatic rings. The highest BCUT2D eigenvalue weighted by Crippen LogP contribution is 2.24. The van der Waals surface area contributed by atoms with Gasteiger partial charge in [0.05, 0.1) is 11.5 Å². The standard InChI is InChI=1S/C12H15N3O3S2/c1-3-8-18-12-14-13-11(19-12)15-20(16,17)10-6-4-9(2)5-7-10/h4-7H,3,8H2,1-2H3,(H,13,15). The fraction of sp³-hybridized carbons (Fsp3) is 0.333. The number of ether oxygens (including phenoxy) is 1. The fourth-order valence-electron chi connectivity index (χ4n) is 1.39. The minimum absolute atomic E-state index is 0.189. The maximum absolute atomic E-state index is 12.1. The Balaban J connectivity index is 2.12. The molecule has 0 bridgehead atoms. The molecule has 0 spiro atoms. The van der Waals surface area contributed by atoms with Gasteiger partial charge in [0.15, 0.2) is 0 Å². The van der Waals surface area contributed by atoms with Crippen molar-refractivity contribution in [2.75, 3.05) is 11.3 Å². The Bertz CT molecular complexity index is 666. The molecule has 1 heterocycles. The number of sulfonamides is 1. The van der Waals surface area contributed by atoms with E-state index in [1.54, 1.807) is 24.3 Å². The van der Waals surface area contributed by atoms with Crippen LogP contribution in [0.2, 0.25) is 0 Å². The molecule has 2 rings (SSSR count). The van der Waals surface area contributed by atoms with Gasteiger partial charge in [-0.1, -0.05) is 29.7 Å². The summed E-state index contributed by atoms with van der Waals surface area (Å²) >= 11 is 1.06. The second-order valence-corrected chi connectivity index (χ2v) is 6.76. The summed E-state index contributed by atoms with van der Waals surface area (Å²) in [4.78, 5) is 0.189.